The number of nitrogens with zero attached hydrogens (tertiary/aromatic N) is 2. The van der Waals surface area contributed by atoms with Crippen LogP contribution in [0.25, 0.3) is 16.6 Å². The van der Waals surface area contributed by atoms with Crippen molar-refractivity contribution >= 4 is 28.2 Å². The fourth-order valence-corrected chi connectivity index (χ4v) is 5.05. The molecule has 1 aliphatic heterocycles. The van der Waals surface area contributed by atoms with Gasteiger partial charge in [0.05, 0.1) is 5.52 Å². The Morgan fingerprint density at radius 3 is 2.57 bits per heavy atom. The SMILES string of the molecule is C=C/C=C(\C=C)n1cc(CN2CCC(c3cccc(NC(=O)C(C)C)c3)CC2)c2cccc(C)c21. The third-order valence-corrected chi connectivity index (χ3v) is 7.02. The zero-order valence-electron chi connectivity index (χ0n) is 21.3. The Morgan fingerprint density at radius 1 is 1.14 bits per heavy atom. The van der Waals surface area contributed by atoms with Crippen LogP contribution in [-0.2, 0) is 11.3 Å². The first-order chi connectivity index (χ1) is 16.9. The Bertz CT molecular complexity index is 1260. The van der Waals surface area contributed by atoms with Gasteiger partial charge >= 0.3 is 0 Å². The van der Waals surface area contributed by atoms with E-state index in [4.69, 9.17) is 0 Å². The number of piperidine rings is 1. The number of carbonyl (C=O) groups is 1. The van der Waals surface area contributed by atoms with Crippen molar-refractivity contribution in [1.82, 2.24) is 9.47 Å². The fraction of sp³-hybridized carbons (Fsp3) is 0.323. The summed E-state index contributed by atoms with van der Waals surface area (Å²) in [6, 6.07) is 14.9. The Balaban J connectivity index is 1.48. The largest absolute Gasteiger partial charge is 0.326 e. The molecule has 2 aromatic carbocycles. The quantitative estimate of drug-likeness (QED) is 0.358. The number of carbonyl (C=O) groups excluding carboxylic acids is 1. The van der Waals surface area contributed by atoms with Gasteiger partial charge in [-0.25, -0.2) is 0 Å². The van der Waals surface area contributed by atoms with Gasteiger partial charge in [0.2, 0.25) is 5.91 Å². The van der Waals surface area contributed by atoms with E-state index in [1.807, 2.05) is 38.1 Å². The molecule has 1 amide bonds. The summed E-state index contributed by atoms with van der Waals surface area (Å²) in [6.07, 6.45) is 10.2. The minimum atomic E-state index is -0.0218. The van der Waals surface area contributed by atoms with Crippen molar-refractivity contribution in [2.24, 2.45) is 5.92 Å². The second kappa shape index (κ2) is 10.9. The molecule has 1 aliphatic rings. The topological polar surface area (TPSA) is 37.3 Å². The third kappa shape index (κ3) is 5.49. The van der Waals surface area contributed by atoms with Crippen molar-refractivity contribution in [3.05, 3.63) is 96.7 Å². The van der Waals surface area contributed by atoms with E-state index in [0.717, 1.165) is 43.9 Å². The summed E-state index contributed by atoms with van der Waals surface area (Å²) in [6.45, 7) is 16.9. The zero-order chi connectivity index (χ0) is 24.9. The predicted octanol–water partition coefficient (Wildman–Crippen LogP) is 7.14. The molecule has 3 aromatic rings. The number of aromatic nitrogens is 1. The molecule has 1 N–H and O–H groups in total. The monoisotopic (exact) mass is 467 g/mol. The lowest BCUT2D eigenvalue weighted by Crippen LogP contribution is -2.32. The van der Waals surface area contributed by atoms with Gasteiger partial charge in [-0.1, -0.05) is 63.4 Å². The summed E-state index contributed by atoms with van der Waals surface area (Å²) in [7, 11) is 0. The van der Waals surface area contributed by atoms with Crippen LogP contribution in [0.4, 0.5) is 5.69 Å². The number of benzene rings is 2. The summed E-state index contributed by atoms with van der Waals surface area (Å²) < 4.78 is 2.25. The fourth-order valence-electron chi connectivity index (χ4n) is 5.05. The summed E-state index contributed by atoms with van der Waals surface area (Å²) in [5.74, 6) is 0.564. The average Bonchev–Trinajstić information content (AvgIpc) is 3.22. The normalized spacial score (nSPS) is 15.5. The second-order valence-corrected chi connectivity index (χ2v) is 9.85. The van der Waals surface area contributed by atoms with Gasteiger partial charge in [-0.05, 0) is 79.7 Å². The molecule has 35 heavy (non-hydrogen) atoms. The van der Waals surface area contributed by atoms with Gasteiger partial charge in [0.15, 0.2) is 0 Å². The number of fused-ring (bicyclic) bond motifs is 1. The lowest BCUT2D eigenvalue weighted by atomic mass is 9.89. The standard InChI is InChI=1S/C31H37N3O/c1-6-10-28(7-2)34-21-26(29-14-8-11-23(5)30(29)34)20-33-17-15-24(16-18-33)25-12-9-13-27(19-25)32-31(35)22(3)4/h6-14,19,21-22,24H,1-2,15-18,20H2,3-5H3,(H,32,35)/b28-10+. The van der Waals surface area contributed by atoms with Crippen LogP contribution in [0.1, 0.15) is 49.3 Å². The molecule has 0 aliphatic carbocycles. The maximum absolute atomic E-state index is 12.1. The molecular formula is C31H37N3O. The van der Waals surface area contributed by atoms with E-state index in [1.165, 1.54) is 27.6 Å². The van der Waals surface area contributed by atoms with Crippen LogP contribution in [0.5, 0.6) is 0 Å². The smallest absolute Gasteiger partial charge is 0.226 e. The van der Waals surface area contributed by atoms with Gasteiger partial charge in [0, 0.05) is 35.4 Å². The lowest BCUT2D eigenvalue weighted by Gasteiger charge is -2.32. The maximum atomic E-state index is 12.1. The van der Waals surface area contributed by atoms with Crippen molar-refractivity contribution < 1.29 is 4.79 Å². The Hall–Kier alpha value is -3.37. The molecule has 0 bridgehead atoms. The van der Waals surface area contributed by atoms with Crippen molar-refractivity contribution in [3.8, 4) is 0 Å². The van der Waals surface area contributed by atoms with Crippen molar-refractivity contribution in [2.45, 2.75) is 46.1 Å². The molecule has 1 fully saturated rings. The highest BCUT2D eigenvalue weighted by Gasteiger charge is 2.23. The molecule has 0 saturated carbocycles. The number of hydrogen-bond donors (Lipinski definition) is 1. The molecule has 1 aromatic heterocycles. The van der Waals surface area contributed by atoms with Crippen LogP contribution < -0.4 is 5.32 Å². The van der Waals surface area contributed by atoms with Gasteiger partial charge in [-0.15, -0.1) is 0 Å². The molecule has 182 valence electrons. The molecule has 4 heteroatoms. The van der Waals surface area contributed by atoms with Crippen LogP contribution in [-0.4, -0.2) is 28.5 Å². The van der Waals surface area contributed by atoms with Crippen LogP contribution in [0.15, 0.2) is 80.0 Å². The second-order valence-electron chi connectivity index (χ2n) is 9.85. The molecule has 0 unspecified atom stereocenters. The Kier molecular flexibility index (Phi) is 7.72. The van der Waals surface area contributed by atoms with Crippen molar-refractivity contribution in [2.75, 3.05) is 18.4 Å². The van der Waals surface area contributed by atoms with Crippen LogP contribution in [0.2, 0.25) is 0 Å². The number of nitrogens with one attached hydrogen (secondary N) is 1. The van der Waals surface area contributed by atoms with Gasteiger partial charge < -0.3 is 9.88 Å². The average molecular weight is 468 g/mol. The number of anilines is 1. The highest BCUT2D eigenvalue weighted by Crippen LogP contribution is 2.33. The molecule has 1 saturated heterocycles. The van der Waals surface area contributed by atoms with Crippen molar-refractivity contribution in [1.29, 1.82) is 0 Å². The summed E-state index contributed by atoms with van der Waals surface area (Å²) in [4.78, 5) is 14.7. The van der Waals surface area contributed by atoms with E-state index in [9.17, 15) is 4.79 Å². The lowest BCUT2D eigenvalue weighted by molar-refractivity contribution is -0.118. The van der Waals surface area contributed by atoms with E-state index in [0.29, 0.717) is 5.92 Å². The first-order valence-corrected chi connectivity index (χ1v) is 12.6. The zero-order valence-corrected chi connectivity index (χ0v) is 21.3. The van der Waals surface area contributed by atoms with E-state index < -0.39 is 0 Å². The number of rotatable bonds is 8. The van der Waals surface area contributed by atoms with Gasteiger partial charge in [0.25, 0.3) is 0 Å². The Labute approximate surface area is 209 Å². The first-order valence-electron chi connectivity index (χ1n) is 12.6. The minimum Gasteiger partial charge on any atom is -0.326 e. The number of amides is 1. The van der Waals surface area contributed by atoms with Crippen molar-refractivity contribution in [3.63, 3.8) is 0 Å². The highest BCUT2D eigenvalue weighted by atomic mass is 16.1. The van der Waals surface area contributed by atoms with E-state index in [-0.39, 0.29) is 11.8 Å². The van der Waals surface area contributed by atoms with Gasteiger partial charge in [-0.3, -0.25) is 9.69 Å². The highest BCUT2D eigenvalue weighted by molar-refractivity contribution is 5.92. The third-order valence-electron chi connectivity index (χ3n) is 7.02. The van der Waals surface area contributed by atoms with E-state index in [1.54, 1.807) is 0 Å². The summed E-state index contributed by atoms with van der Waals surface area (Å²) in [5.41, 5.74) is 7.10. The maximum Gasteiger partial charge on any atom is 0.226 e. The minimum absolute atomic E-state index is 0.0218. The molecular weight excluding hydrogens is 430 g/mol. The van der Waals surface area contributed by atoms with Crippen LogP contribution in [0, 0.1) is 12.8 Å². The number of likely N-dealkylation sites (tertiary alicyclic amines) is 1. The summed E-state index contributed by atoms with van der Waals surface area (Å²) >= 11 is 0. The summed E-state index contributed by atoms with van der Waals surface area (Å²) in [5, 5.41) is 4.34. The Morgan fingerprint density at radius 2 is 1.89 bits per heavy atom. The number of allylic oxidation sites excluding steroid dienone is 4. The van der Waals surface area contributed by atoms with Crippen LogP contribution in [0.3, 0.4) is 0 Å². The first kappa shape index (κ1) is 24.7. The molecule has 0 spiro atoms. The predicted molar refractivity (Wildman–Crippen MR) is 149 cm³/mol. The van der Waals surface area contributed by atoms with Gasteiger partial charge in [0.1, 0.15) is 0 Å². The van der Waals surface area contributed by atoms with Gasteiger partial charge in [-0.2, -0.15) is 0 Å². The molecule has 0 radical (unpaired) electrons. The molecule has 4 nitrogen and oxygen atoms in total. The number of hydrogen-bond acceptors (Lipinski definition) is 2. The number of aryl methyl sites for hydroxylation is 1. The molecule has 0 atom stereocenters. The molecule has 4 rings (SSSR count). The van der Waals surface area contributed by atoms with E-state index >= 15 is 0 Å². The molecule has 2 heterocycles. The van der Waals surface area contributed by atoms with E-state index in [2.05, 4.69) is 77.5 Å². The number of para-hydroxylation sites is 1. The van der Waals surface area contributed by atoms with Crippen LogP contribution >= 0.6 is 0 Å².